The highest BCUT2D eigenvalue weighted by molar-refractivity contribution is 5.90. The Bertz CT molecular complexity index is 764. The first-order chi connectivity index (χ1) is 16.6. The Kier molecular flexibility index (Phi) is 12.8. The molecule has 0 aromatic heterocycles. The third-order valence-corrected chi connectivity index (χ3v) is 6.62. The summed E-state index contributed by atoms with van der Waals surface area (Å²) in [4.78, 5) is 4.75. The molecule has 0 bridgehead atoms. The summed E-state index contributed by atoms with van der Waals surface area (Å²) < 4.78 is 12.0. The van der Waals surface area contributed by atoms with Crippen LogP contribution in [0.3, 0.4) is 0 Å². The van der Waals surface area contributed by atoms with E-state index in [1.54, 1.807) is 0 Å². The Labute approximate surface area is 208 Å². The third kappa shape index (κ3) is 8.48. The van der Waals surface area contributed by atoms with Gasteiger partial charge in [-0.3, -0.25) is 0 Å². The van der Waals surface area contributed by atoms with Gasteiger partial charge in [-0.1, -0.05) is 65.8 Å². The lowest BCUT2D eigenvalue weighted by Crippen LogP contribution is -2.27. The van der Waals surface area contributed by atoms with Gasteiger partial charge in [-0.15, -0.1) is 0 Å². The highest BCUT2D eigenvalue weighted by Crippen LogP contribution is 2.33. The van der Waals surface area contributed by atoms with E-state index in [0.717, 1.165) is 76.8 Å². The number of hydrogen-bond acceptors (Lipinski definition) is 4. The first-order valence-corrected chi connectivity index (χ1v) is 13.2. The van der Waals surface area contributed by atoms with Crippen molar-refractivity contribution in [3.63, 3.8) is 0 Å². The Balaban J connectivity index is 2.07. The van der Waals surface area contributed by atoms with E-state index < -0.39 is 0 Å². The fraction of sp³-hybridized carbons (Fsp3) is 0.533. The lowest BCUT2D eigenvalue weighted by atomic mass is 9.91. The SMILES string of the molecule is CC/C(=C(\CC)c1ccc(OCCN(CC)CC)cc1)c1ccc(OCCN(CC)CC)cc1. The minimum atomic E-state index is 0.723. The van der Waals surface area contributed by atoms with Crippen LogP contribution in [0.1, 0.15) is 65.5 Å². The van der Waals surface area contributed by atoms with Crippen LogP contribution >= 0.6 is 0 Å². The number of hydrogen-bond donors (Lipinski definition) is 0. The Morgan fingerprint density at radius 1 is 0.529 bits per heavy atom. The summed E-state index contributed by atoms with van der Waals surface area (Å²) in [6, 6.07) is 17.2. The Morgan fingerprint density at radius 2 is 0.853 bits per heavy atom. The number of allylic oxidation sites excluding steroid dienone is 2. The Hall–Kier alpha value is -2.30. The van der Waals surface area contributed by atoms with Crippen LogP contribution in [0, 0.1) is 0 Å². The van der Waals surface area contributed by atoms with Gasteiger partial charge < -0.3 is 19.3 Å². The number of ether oxygens (including phenoxy) is 2. The molecular formula is C30H46N2O2. The normalized spacial score (nSPS) is 12.2. The van der Waals surface area contributed by atoms with E-state index in [2.05, 4.69) is 99.9 Å². The molecule has 0 unspecified atom stereocenters. The molecule has 0 heterocycles. The summed E-state index contributed by atoms with van der Waals surface area (Å²) in [7, 11) is 0. The predicted molar refractivity (Wildman–Crippen MR) is 147 cm³/mol. The van der Waals surface area contributed by atoms with Crippen molar-refractivity contribution in [2.75, 3.05) is 52.5 Å². The van der Waals surface area contributed by atoms with E-state index >= 15 is 0 Å². The Morgan fingerprint density at radius 3 is 1.12 bits per heavy atom. The topological polar surface area (TPSA) is 24.9 Å². The van der Waals surface area contributed by atoms with Crippen LogP contribution in [-0.4, -0.2) is 62.3 Å². The molecule has 2 rings (SSSR count). The van der Waals surface area contributed by atoms with Crippen molar-refractivity contribution in [1.29, 1.82) is 0 Å². The molecule has 0 spiro atoms. The lowest BCUT2D eigenvalue weighted by Gasteiger charge is -2.19. The second kappa shape index (κ2) is 15.6. The van der Waals surface area contributed by atoms with E-state index in [1.165, 1.54) is 22.3 Å². The minimum absolute atomic E-state index is 0.723. The maximum Gasteiger partial charge on any atom is 0.119 e. The summed E-state index contributed by atoms with van der Waals surface area (Å²) in [6.45, 7) is 20.9. The predicted octanol–water partition coefficient (Wildman–Crippen LogP) is 6.86. The molecule has 0 radical (unpaired) electrons. The van der Waals surface area contributed by atoms with Gasteiger partial charge in [0.2, 0.25) is 0 Å². The average molecular weight is 467 g/mol. The van der Waals surface area contributed by atoms with Gasteiger partial charge in [-0.05, 0) is 85.6 Å². The molecule has 34 heavy (non-hydrogen) atoms. The van der Waals surface area contributed by atoms with Crippen LogP contribution in [0.25, 0.3) is 11.1 Å². The van der Waals surface area contributed by atoms with E-state index in [4.69, 9.17) is 9.47 Å². The van der Waals surface area contributed by atoms with Gasteiger partial charge in [-0.2, -0.15) is 0 Å². The number of nitrogens with zero attached hydrogens (tertiary/aromatic N) is 2. The van der Waals surface area contributed by atoms with E-state index in [-0.39, 0.29) is 0 Å². The zero-order chi connectivity index (χ0) is 24.8. The summed E-state index contributed by atoms with van der Waals surface area (Å²) in [6.07, 6.45) is 1.99. The summed E-state index contributed by atoms with van der Waals surface area (Å²) >= 11 is 0. The van der Waals surface area contributed by atoms with Gasteiger partial charge in [0.15, 0.2) is 0 Å². The van der Waals surface area contributed by atoms with Crippen LogP contribution in [0.4, 0.5) is 0 Å². The second-order valence-electron chi connectivity index (χ2n) is 8.46. The molecule has 4 heteroatoms. The van der Waals surface area contributed by atoms with Crippen LogP contribution in [0.15, 0.2) is 48.5 Å². The third-order valence-electron chi connectivity index (χ3n) is 6.62. The summed E-state index contributed by atoms with van der Waals surface area (Å²) in [5.41, 5.74) is 5.34. The van der Waals surface area contributed by atoms with Gasteiger partial charge in [0.25, 0.3) is 0 Å². The highest BCUT2D eigenvalue weighted by atomic mass is 16.5. The fourth-order valence-electron chi connectivity index (χ4n) is 4.35. The van der Waals surface area contributed by atoms with Gasteiger partial charge in [0.1, 0.15) is 24.7 Å². The molecule has 0 aliphatic heterocycles. The number of likely N-dealkylation sites (N-methyl/N-ethyl adjacent to an activating group) is 2. The zero-order valence-corrected chi connectivity index (χ0v) is 22.4. The fourth-order valence-corrected chi connectivity index (χ4v) is 4.35. The first-order valence-electron chi connectivity index (χ1n) is 13.2. The maximum absolute atomic E-state index is 5.98. The maximum atomic E-state index is 5.98. The van der Waals surface area contributed by atoms with Crippen molar-refractivity contribution >= 4 is 11.1 Å². The molecule has 0 N–H and O–H groups in total. The molecule has 4 nitrogen and oxygen atoms in total. The summed E-state index contributed by atoms with van der Waals surface area (Å²) in [5, 5.41) is 0. The van der Waals surface area contributed by atoms with E-state index in [1.807, 2.05) is 0 Å². The van der Waals surface area contributed by atoms with Crippen molar-refractivity contribution < 1.29 is 9.47 Å². The van der Waals surface area contributed by atoms with E-state index in [0.29, 0.717) is 0 Å². The molecule has 0 aliphatic carbocycles. The highest BCUT2D eigenvalue weighted by Gasteiger charge is 2.10. The number of rotatable bonds is 16. The standard InChI is InChI=1S/C30H46N2O2/c1-7-29(25-13-17-27(18-14-25)33-23-21-31(9-3)10-4)30(8-2)26-15-19-28(20-16-26)34-24-22-32(11-5)12-6/h13-20H,7-12,21-24H2,1-6H3/b30-29-. The number of benzene rings is 2. The van der Waals surface area contributed by atoms with Gasteiger partial charge in [0, 0.05) is 13.1 Å². The van der Waals surface area contributed by atoms with Gasteiger partial charge in [-0.25, -0.2) is 0 Å². The van der Waals surface area contributed by atoms with Crippen molar-refractivity contribution in [1.82, 2.24) is 9.80 Å². The van der Waals surface area contributed by atoms with Crippen LogP contribution in [-0.2, 0) is 0 Å². The summed E-state index contributed by atoms with van der Waals surface area (Å²) in [5.74, 6) is 1.88. The average Bonchev–Trinajstić information content (AvgIpc) is 2.88. The van der Waals surface area contributed by atoms with E-state index in [9.17, 15) is 0 Å². The van der Waals surface area contributed by atoms with Crippen LogP contribution < -0.4 is 9.47 Å². The van der Waals surface area contributed by atoms with Crippen molar-refractivity contribution in [2.45, 2.75) is 54.4 Å². The monoisotopic (exact) mass is 466 g/mol. The minimum Gasteiger partial charge on any atom is -0.492 e. The quantitative estimate of drug-likeness (QED) is 0.252. The molecule has 2 aromatic rings. The van der Waals surface area contributed by atoms with Crippen molar-refractivity contribution in [2.24, 2.45) is 0 Å². The van der Waals surface area contributed by atoms with Crippen LogP contribution in [0.5, 0.6) is 11.5 Å². The second-order valence-corrected chi connectivity index (χ2v) is 8.46. The van der Waals surface area contributed by atoms with Crippen LogP contribution in [0.2, 0.25) is 0 Å². The molecule has 0 fully saturated rings. The molecule has 0 atom stereocenters. The van der Waals surface area contributed by atoms with Crippen molar-refractivity contribution in [3.05, 3.63) is 59.7 Å². The molecule has 0 amide bonds. The molecule has 2 aromatic carbocycles. The molecule has 188 valence electrons. The van der Waals surface area contributed by atoms with Gasteiger partial charge >= 0.3 is 0 Å². The smallest absolute Gasteiger partial charge is 0.119 e. The first kappa shape index (κ1) is 27.9. The van der Waals surface area contributed by atoms with Gasteiger partial charge in [0.05, 0.1) is 0 Å². The largest absolute Gasteiger partial charge is 0.492 e. The molecule has 0 saturated carbocycles. The zero-order valence-electron chi connectivity index (χ0n) is 22.4. The van der Waals surface area contributed by atoms with Crippen molar-refractivity contribution in [3.8, 4) is 11.5 Å². The molecular weight excluding hydrogens is 420 g/mol. The molecule has 0 aliphatic rings. The molecule has 0 saturated heterocycles. The lowest BCUT2D eigenvalue weighted by molar-refractivity contribution is 0.223.